The molecule has 4 rings (SSSR count). The molecule has 2 fully saturated rings. The minimum Gasteiger partial charge on any atom is -0.478 e. The fourth-order valence-electron chi connectivity index (χ4n) is 5.54. The zero-order valence-electron chi connectivity index (χ0n) is 23.2. The Morgan fingerprint density at radius 3 is 2.39 bits per heavy atom. The molecule has 38 heavy (non-hydrogen) atoms. The van der Waals surface area contributed by atoms with Crippen LogP contribution in [-0.4, -0.2) is 45.8 Å². The van der Waals surface area contributed by atoms with Crippen LogP contribution in [0.1, 0.15) is 87.7 Å². The molecule has 2 saturated carbocycles. The van der Waals surface area contributed by atoms with Crippen LogP contribution in [0.5, 0.6) is 0 Å². The lowest BCUT2D eigenvalue weighted by Crippen LogP contribution is -2.47. The molecule has 0 aromatic heterocycles. The van der Waals surface area contributed by atoms with Gasteiger partial charge >= 0.3 is 12.1 Å². The largest absolute Gasteiger partial charge is 0.478 e. The molecule has 6 heteroatoms. The van der Waals surface area contributed by atoms with Crippen molar-refractivity contribution in [2.45, 2.75) is 96.5 Å². The number of nitrogens with one attached hydrogen (secondary N) is 1. The van der Waals surface area contributed by atoms with Crippen LogP contribution in [-0.2, 0) is 11.3 Å². The van der Waals surface area contributed by atoms with Crippen molar-refractivity contribution in [1.29, 1.82) is 0 Å². The van der Waals surface area contributed by atoms with E-state index in [-0.39, 0.29) is 17.7 Å². The number of amides is 1. The lowest BCUT2D eigenvalue weighted by atomic mass is 9.89. The lowest BCUT2D eigenvalue weighted by molar-refractivity contribution is 0.00876. The number of carboxylic acid groups (broad SMARTS) is 1. The summed E-state index contributed by atoms with van der Waals surface area (Å²) >= 11 is 0. The van der Waals surface area contributed by atoms with Gasteiger partial charge in [-0.15, -0.1) is 0 Å². The van der Waals surface area contributed by atoms with Crippen molar-refractivity contribution in [3.05, 3.63) is 76.9 Å². The molecule has 0 saturated heterocycles. The number of carbonyl (C=O) groups is 2. The smallest absolute Gasteiger partial charge is 0.410 e. The Labute approximate surface area is 227 Å². The highest BCUT2D eigenvalue weighted by Crippen LogP contribution is 2.41. The normalized spacial score (nSPS) is 23.5. The highest BCUT2D eigenvalue weighted by atomic mass is 16.6. The number of benzene rings is 2. The van der Waals surface area contributed by atoms with E-state index in [0.717, 1.165) is 37.7 Å². The number of carbonyl (C=O) groups excluding carboxylic acids is 1. The Balaban J connectivity index is 1.36. The van der Waals surface area contributed by atoms with Gasteiger partial charge < -0.3 is 20.1 Å². The summed E-state index contributed by atoms with van der Waals surface area (Å²) in [7, 11) is 0. The van der Waals surface area contributed by atoms with Crippen LogP contribution in [0.2, 0.25) is 0 Å². The average Bonchev–Trinajstić information content (AvgIpc) is 3.65. The molecular formula is C32H42N2O4. The van der Waals surface area contributed by atoms with Gasteiger partial charge in [-0.05, 0) is 88.5 Å². The molecule has 6 nitrogen and oxygen atoms in total. The Kier molecular flexibility index (Phi) is 8.93. The molecule has 2 unspecified atom stereocenters. The van der Waals surface area contributed by atoms with Crippen molar-refractivity contribution >= 4 is 18.1 Å². The predicted octanol–water partition coefficient (Wildman–Crippen LogP) is 6.90. The van der Waals surface area contributed by atoms with Crippen molar-refractivity contribution in [3.8, 4) is 0 Å². The summed E-state index contributed by atoms with van der Waals surface area (Å²) in [6, 6.07) is 18.4. The van der Waals surface area contributed by atoms with E-state index in [0.29, 0.717) is 24.5 Å². The van der Waals surface area contributed by atoms with Crippen LogP contribution >= 0.6 is 0 Å². The summed E-state index contributed by atoms with van der Waals surface area (Å²) in [6.45, 7) is 8.20. The van der Waals surface area contributed by atoms with Crippen molar-refractivity contribution in [2.75, 3.05) is 0 Å². The Morgan fingerprint density at radius 2 is 1.76 bits per heavy atom. The highest BCUT2D eigenvalue weighted by molar-refractivity contribution is 5.87. The zero-order chi connectivity index (χ0) is 27.3. The molecule has 1 amide bonds. The molecule has 2 N–H and O–H groups in total. The maximum atomic E-state index is 13.2. The van der Waals surface area contributed by atoms with Crippen molar-refractivity contribution in [1.82, 2.24) is 10.2 Å². The van der Waals surface area contributed by atoms with E-state index in [1.165, 1.54) is 17.6 Å². The first-order valence-corrected chi connectivity index (χ1v) is 14.0. The van der Waals surface area contributed by atoms with Crippen LogP contribution in [0.25, 0.3) is 6.08 Å². The summed E-state index contributed by atoms with van der Waals surface area (Å²) in [4.78, 5) is 26.5. The average molecular weight is 519 g/mol. The molecule has 2 aromatic carbocycles. The van der Waals surface area contributed by atoms with E-state index in [1.54, 1.807) is 23.1 Å². The maximum absolute atomic E-state index is 13.2. The quantitative estimate of drug-likeness (QED) is 0.377. The summed E-state index contributed by atoms with van der Waals surface area (Å²) in [6.07, 6.45) is 8.07. The van der Waals surface area contributed by atoms with E-state index in [4.69, 9.17) is 4.74 Å². The first-order valence-electron chi connectivity index (χ1n) is 14.0. The minimum atomic E-state index is -0.967. The minimum absolute atomic E-state index is 0.0653. The van der Waals surface area contributed by atoms with E-state index < -0.39 is 11.6 Å². The van der Waals surface area contributed by atoms with Gasteiger partial charge in [-0.3, -0.25) is 0 Å². The first-order chi connectivity index (χ1) is 18.1. The number of carboxylic acids is 1. The Hall–Kier alpha value is -3.12. The maximum Gasteiger partial charge on any atom is 0.410 e. The highest BCUT2D eigenvalue weighted by Gasteiger charge is 2.41. The predicted molar refractivity (Wildman–Crippen MR) is 151 cm³/mol. The van der Waals surface area contributed by atoms with E-state index >= 15 is 0 Å². The van der Waals surface area contributed by atoms with Crippen molar-refractivity contribution in [2.24, 2.45) is 5.92 Å². The fraction of sp³-hybridized carbons (Fsp3) is 0.500. The number of ether oxygens (including phenoxy) is 1. The molecule has 0 radical (unpaired) electrons. The third-order valence-electron chi connectivity index (χ3n) is 7.57. The summed E-state index contributed by atoms with van der Waals surface area (Å²) in [5.74, 6) is -0.358. The van der Waals surface area contributed by atoms with Crippen LogP contribution in [0, 0.1) is 5.92 Å². The molecule has 0 heterocycles. The zero-order valence-corrected chi connectivity index (χ0v) is 23.2. The lowest BCUT2D eigenvalue weighted by Gasteiger charge is -2.38. The van der Waals surface area contributed by atoms with Crippen molar-refractivity contribution < 1.29 is 19.4 Å². The van der Waals surface area contributed by atoms with Gasteiger partial charge in [0.2, 0.25) is 0 Å². The summed E-state index contributed by atoms with van der Waals surface area (Å²) in [5.41, 5.74) is 3.22. The van der Waals surface area contributed by atoms with Crippen molar-refractivity contribution in [3.63, 3.8) is 0 Å². The van der Waals surface area contributed by atoms with Crippen LogP contribution in [0.4, 0.5) is 4.79 Å². The van der Waals surface area contributed by atoms with Gasteiger partial charge in [-0.25, -0.2) is 9.59 Å². The molecule has 204 valence electrons. The van der Waals surface area contributed by atoms with E-state index in [9.17, 15) is 14.7 Å². The fourth-order valence-corrected chi connectivity index (χ4v) is 5.54. The Morgan fingerprint density at radius 1 is 1.05 bits per heavy atom. The van der Waals surface area contributed by atoms with Gasteiger partial charge in [0, 0.05) is 24.7 Å². The summed E-state index contributed by atoms with van der Waals surface area (Å²) in [5, 5.41) is 13.3. The summed E-state index contributed by atoms with van der Waals surface area (Å²) < 4.78 is 5.75. The first kappa shape index (κ1) is 27.9. The third-order valence-corrected chi connectivity index (χ3v) is 7.57. The second-order valence-corrected chi connectivity index (χ2v) is 11.7. The monoisotopic (exact) mass is 518 g/mol. The molecule has 0 spiro atoms. The number of hydrogen-bond acceptors (Lipinski definition) is 4. The number of rotatable bonds is 9. The molecular weight excluding hydrogens is 476 g/mol. The Bertz CT molecular complexity index is 1130. The molecule has 2 aliphatic carbocycles. The van der Waals surface area contributed by atoms with Gasteiger partial charge in [-0.1, -0.05) is 61.0 Å². The van der Waals surface area contributed by atoms with Gasteiger partial charge in [-0.2, -0.15) is 0 Å². The molecule has 2 aliphatic rings. The third kappa shape index (κ3) is 7.70. The van der Waals surface area contributed by atoms with Crippen LogP contribution in [0.3, 0.4) is 0 Å². The number of nitrogens with zero attached hydrogens (tertiary/aromatic N) is 1. The topological polar surface area (TPSA) is 78.9 Å². The van der Waals surface area contributed by atoms with Gasteiger partial charge in [0.05, 0.1) is 5.56 Å². The van der Waals surface area contributed by atoms with Gasteiger partial charge in [0.1, 0.15) is 5.60 Å². The van der Waals surface area contributed by atoms with Crippen LogP contribution < -0.4 is 5.32 Å². The number of hydrogen-bond donors (Lipinski definition) is 2. The second-order valence-electron chi connectivity index (χ2n) is 11.7. The van der Waals surface area contributed by atoms with Gasteiger partial charge in [0.15, 0.2) is 0 Å². The van der Waals surface area contributed by atoms with E-state index in [2.05, 4.69) is 48.6 Å². The second kappa shape index (κ2) is 12.2. The van der Waals surface area contributed by atoms with Crippen LogP contribution in [0.15, 0.2) is 60.2 Å². The standard InChI is InChI=1S/C32H42N2O4/c1-5-24(18-22-10-7-6-8-11-22)28-20-29(28)33-26-14-16-27(17-15-26)34(31(37)38-32(2,3)4)21-23-12-9-13-25(19-23)30(35)36/h6-13,18-19,26-29,33H,5,14-17,20-21H2,1-4H3,(H,35,36)/b24-18+. The molecule has 0 bridgehead atoms. The molecule has 2 aromatic rings. The molecule has 0 aliphatic heterocycles. The van der Waals surface area contributed by atoms with E-state index in [1.807, 2.05) is 26.8 Å². The number of aromatic carboxylic acids is 1. The van der Waals surface area contributed by atoms with Gasteiger partial charge in [0.25, 0.3) is 0 Å². The molecule has 2 atom stereocenters. The SMILES string of the molecule is CC/C(=C\c1ccccc1)C1CC1NC1CCC(N(Cc2cccc(C(=O)O)c2)C(=O)OC(C)(C)C)CC1.